The van der Waals surface area contributed by atoms with E-state index in [-0.39, 0.29) is 11.9 Å². The Kier molecular flexibility index (Phi) is 5.13. The molecule has 0 saturated carbocycles. The highest BCUT2D eigenvalue weighted by atomic mass is 16.3. The first-order valence-corrected chi connectivity index (χ1v) is 6.60. The molecule has 1 saturated heterocycles. The molecule has 1 atom stereocenters. The van der Waals surface area contributed by atoms with Gasteiger partial charge in [-0.2, -0.15) is 0 Å². The Morgan fingerprint density at radius 3 is 2.17 bits per heavy atom. The van der Waals surface area contributed by atoms with Gasteiger partial charge in [-0.25, -0.2) is 0 Å². The van der Waals surface area contributed by atoms with Crippen LogP contribution in [0.1, 0.15) is 20.8 Å². The summed E-state index contributed by atoms with van der Waals surface area (Å²) in [4.78, 5) is 18.0. The minimum absolute atomic E-state index is 0.0516. The van der Waals surface area contributed by atoms with Crippen molar-refractivity contribution in [2.45, 2.75) is 32.4 Å². The van der Waals surface area contributed by atoms with Crippen molar-refractivity contribution in [3.05, 3.63) is 0 Å². The Hall–Kier alpha value is -0.650. The van der Waals surface area contributed by atoms with Crippen LogP contribution in [-0.2, 0) is 4.79 Å². The highest BCUT2D eigenvalue weighted by Crippen LogP contribution is 2.11. The van der Waals surface area contributed by atoms with Crippen LogP contribution >= 0.6 is 0 Å². The molecule has 0 bridgehead atoms. The number of hydrogen-bond acceptors (Lipinski definition) is 4. The normalized spacial score (nSPS) is 20.8. The molecule has 1 rings (SSSR count). The Morgan fingerprint density at radius 1 is 1.28 bits per heavy atom. The average Bonchev–Trinajstić information content (AvgIpc) is 2.26. The van der Waals surface area contributed by atoms with Gasteiger partial charge >= 0.3 is 0 Å². The summed E-state index contributed by atoms with van der Waals surface area (Å²) in [5.41, 5.74) is -0.646. The Bertz CT molecular complexity index is 278. The van der Waals surface area contributed by atoms with Gasteiger partial charge < -0.3 is 10.0 Å². The molecule has 1 aliphatic rings. The van der Waals surface area contributed by atoms with Gasteiger partial charge in [0.1, 0.15) is 0 Å². The number of carbonyl (C=O) groups is 1. The number of piperazine rings is 1. The predicted molar refractivity (Wildman–Crippen MR) is 72.5 cm³/mol. The van der Waals surface area contributed by atoms with Crippen LogP contribution in [0.3, 0.4) is 0 Å². The highest BCUT2D eigenvalue weighted by molar-refractivity contribution is 5.80. The van der Waals surface area contributed by atoms with E-state index in [2.05, 4.69) is 9.80 Å². The van der Waals surface area contributed by atoms with Crippen LogP contribution in [0.15, 0.2) is 0 Å². The first kappa shape index (κ1) is 15.4. The quantitative estimate of drug-likeness (QED) is 0.761. The topological polar surface area (TPSA) is 47.0 Å². The van der Waals surface area contributed by atoms with Gasteiger partial charge in [0, 0.05) is 46.8 Å². The molecular weight excluding hydrogens is 230 g/mol. The summed E-state index contributed by atoms with van der Waals surface area (Å²) in [5, 5.41) is 9.79. The van der Waals surface area contributed by atoms with Crippen molar-refractivity contribution < 1.29 is 9.90 Å². The molecule has 5 nitrogen and oxygen atoms in total. The average molecular weight is 257 g/mol. The first-order valence-electron chi connectivity index (χ1n) is 6.60. The van der Waals surface area contributed by atoms with Crippen molar-refractivity contribution >= 4 is 5.91 Å². The lowest BCUT2D eigenvalue weighted by molar-refractivity contribution is -0.134. The number of hydrogen-bond donors (Lipinski definition) is 1. The second-order valence-corrected chi connectivity index (χ2v) is 6.03. The van der Waals surface area contributed by atoms with Crippen LogP contribution in [0.2, 0.25) is 0 Å². The molecule has 0 radical (unpaired) electrons. The summed E-state index contributed by atoms with van der Waals surface area (Å²) in [6, 6.07) is -0.0516. The van der Waals surface area contributed by atoms with Crippen molar-refractivity contribution in [1.82, 2.24) is 14.7 Å². The summed E-state index contributed by atoms with van der Waals surface area (Å²) in [7, 11) is 3.59. The standard InChI is InChI=1S/C13H27N3O2/c1-11(12(17)14(4)5)16-8-6-15(7-9-16)10-13(2,3)18/h11,18H,6-10H2,1-5H3. The number of nitrogens with zero attached hydrogens (tertiary/aromatic N) is 3. The van der Waals surface area contributed by atoms with Crippen molar-refractivity contribution in [2.75, 3.05) is 46.8 Å². The van der Waals surface area contributed by atoms with E-state index in [1.807, 2.05) is 20.8 Å². The maximum absolute atomic E-state index is 11.9. The minimum Gasteiger partial charge on any atom is -0.389 e. The summed E-state index contributed by atoms with van der Waals surface area (Å²) in [5.74, 6) is 0.158. The van der Waals surface area contributed by atoms with Gasteiger partial charge in [0.05, 0.1) is 11.6 Å². The number of β-amino-alcohol motifs (C(OH)–C–C–N with tert-alkyl or cyclic N) is 1. The zero-order chi connectivity index (χ0) is 13.9. The summed E-state index contributed by atoms with van der Waals surface area (Å²) < 4.78 is 0. The van der Waals surface area contributed by atoms with E-state index >= 15 is 0 Å². The fourth-order valence-corrected chi connectivity index (χ4v) is 2.39. The fourth-order valence-electron chi connectivity index (χ4n) is 2.39. The first-order chi connectivity index (χ1) is 8.20. The molecule has 1 aliphatic heterocycles. The molecule has 106 valence electrons. The van der Waals surface area contributed by atoms with Crippen molar-refractivity contribution in [3.8, 4) is 0 Å². The van der Waals surface area contributed by atoms with Gasteiger partial charge in [-0.3, -0.25) is 14.6 Å². The van der Waals surface area contributed by atoms with E-state index in [1.165, 1.54) is 0 Å². The molecular formula is C13H27N3O2. The Balaban J connectivity index is 2.42. The lowest BCUT2D eigenvalue weighted by Crippen LogP contribution is -2.55. The number of rotatable bonds is 4. The number of likely N-dealkylation sites (N-methyl/N-ethyl adjacent to an activating group) is 1. The maximum atomic E-state index is 11.9. The van der Waals surface area contributed by atoms with Crippen molar-refractivity contribution in [1.29, 1.82) is 0 Å². The van der Waals surface area contributed by atoms with E-state index < -0.39 is 5.60 Å². The van der Waals surface area contributed by atoms with E-state index in [9.17, 15) is 9.90 Å². The Morgan fingerprint density at radius 2 is 1.78 bits per heavy atom. The molecule has 1 amide bonds. The molecule has 5 heteroatoms. The third-order valence-electron chi connectivity index (χ3n) is 3.36. The molecule has 0 aliphatic carbocycles. The van der Waals surface area contributed by atoms with E-state index in [1.54, 1.807) is 19.0 Å². The minimum atomic E-state index is -0.646. The summed E-state index contributed by atoms with van der Waals surface area (Å²) in [6.07, 6.45) is 0. The maximum Gasteiger partial charge on any atom is 0.239 e. The smallest absolute Gasteiger partial charge is 0.239 e. The summed E-state index contributed by atoms with van der Waals surface area (Å²) >= 11 is 0. The van der Waals surface area contributed by atoms with E-state index in [0.29, 0.717) is 6.54 Å². The lowest BCUT2D eigenvalue weighted by atomic mass is 10.1. The van der Waals surface area contributed by atoms with Crippen LogP contribution in [0.25, 0.3) is 0 Å². The third-order valence-corrected chi connectivity index (χ3v) is 3.36. The predicted octanol–water partition coefficient (Wildman–Crippen LogP) is -0.148. The van der Waals surface area contributed by atoms with Gasteiger partial charge in [-0.05, 0) is 20.8 Å². The van der Waals surface area contributed by atoms with E-state index in [4.69, 9.17) is 0 Å². The second kappa shape index (κ2) is 5.99. The van der Waals surface area contributed by atoms with Gasteiger partial charge in [0.15, 0.2) is 0 Å². The molecule has 0 spiro atoms. The van der Waals surface area contributed by atoms with Crippen molar-refractivity contribution in [3.63, 3.8) is 0 Å². The molecule has 1 unspecified atom stereocenters. The lowest BCUT2D eigenvalue weighted by Gasteiger charge is -2.39. The summed E-state index contributed by atoms with van der Waals surface area (Å²) in [6.45, 7) is 9.91. The SMILES string of the molecule is CC(C(=O)N(C)C)N1CCN(CC(C)(C)O)CC1. The van der Waals surface area contributed by atoms with Crippen LogP contribution < -0.4 is 0 Å². The Labute approximate surface area is 110 Å². The van der Waals surface area contributed by atoms with Gasteiger partial charge in [0.25, 0.3) is 0 Å². The molecule has 0 aromatic rings. The molecule has 1 heterocycles. The van der Waals surface area contributed by atoms with Crippen molar-refractivity contribution in [2.24, 2.45) is 0 Å². The number of carbonyl (C=O) groups excluding carboxylic acids is 1. The van der Waals surface area contributed by atoms with E-state index in [0.717, 1.165) is 26.2 Å². The number of aliphatic hydroxyl groups is 1. The van der Waals surface area contributed by atoms with Gasteiger partial charge in [-0.1, -0.05) is 0 Å². The third kappa shape index (κ3) is 4.55. The zero-order valence-corrected chi connectivity index (χ0v) is 12.3. The van der Waals surface area contributed by atoms with Gasteiger partial charge in [0.2, 0.25) is 5.91 Å². The molecule has 18 heavy (non-hydrogen) atoms. The monoisotopic (exact) mass is 257 g/mol. The molecule has 1 N–H and O–H groups in total. The fraction of sp³-hybridized carbons (Fsp3) is 0.923. The largest absolute Gasteiger partial charge is 0.389 e. The van der Waals surface area contributed by atoms with Crippen LogP contribution in [0.5, 0.6) is 0 Å². The molecule has 0 aromatic heterocycles. The van der Waals surface area contributed by atoms with Crippen LogP contribution in [-0.4, -0.2) is 84.2 Å². The molecule has 0 aromatic carbocycles. The van der Waals surface area contributed by atoms with Gasteiger partial charge in [-0.15, -0.1) is 0 Å². The van der Waals surface area contributed by atoms with Crippen LogP contribution in [0.4, 0.5) is 0 Å². The zero-order valence-electron chi connectivity index (χ0n) is 12.3. The number of amides is 1. The molecule has 1 fully saturated rings. The highest BCUT2D eigenvalue weighted by Gasteiger charge is 2.28. The van der Waals surface area contributed by atoms with Crippen LogP contribution in [0, 0.1) is 0 Å². The second-order valence-electron chi connectivity index (χ2n) is 6.03.